The van der Waals surface area contributed by atoms with Crippen LogP contribution >= 0.6 is 15.9 Å². The van der Waals surface area contributed by atoms with Crippen molar-refractivity contribution >= 4 is 26.8 Å². The Bertz CT molecular complexity index is 771. The van der Waals surface area contributed by atoms with E-state index in [0.717, 1.165) is 32.4 Å². The van der Waals surface area contributed by atoms with E-state index in [-0.39, 0.29) is 5.82 Å². The minimum atomic E-state index is -0.266. The van der Waals surface area contributed by atoms with E-state index < -0.39 is 0 Å². The van der Waals surface area contributed by atoms with Gasteiger partial charge in [-0.05, 0) is 48.5 Å². The Balaban J connectivity index is 2.14. The van der Waals surface area contributed by atoms with Crippen LogP contribution in [-0.4, -0.2) is 12.1 Å². The van der Waals surface area contributed by atoms with Crippen LogP contribution in [0.5, 0.6) is 5.75 Å². The minimum absolute atomic E-state index is 0.266. The van der Waals surface area contributed by atoms with Crippen molar-refractivity contribution in [3.05, 3.63) is 58.8 Å². The fourth-order valence-corrected chi connectivity index (χ4v) is 2.60. The van der Waals surface area contributed by atoms with E-state index in [4.69, 9.17) is 4.74 Å². The van der Waals surface area contributed by atoms with Crippen LogP contribution in [0.25, 0.3) is 22.2 Å². The molecule has 0 N–H and O–H groups in total. The molecule has 3 aromatic rings. The van der Waals surface area contributed by atoms with Crippen LogP contribution in [0.1, 0.15) is 0 Å². The van der Waals surface area contributed by atoms with Crippen molar-refractivity contribution in [3.8, 4) is 17.0 Å². The molecule has 0 radical (unpaired) electrons. The van der Waals surface area contributed by atoms with Gasteiger partial charge < -0.3 is 4.74 Å². The molecule has 0 fully saturated rings. The number of hydrogen-bond donors (Lipinski definition) is 0. The lowest BCUT2D eigenvalue weighted by molar-refractivity contribution is 0.415. The average Bonchev–Trinajstić information content (AvgIpc) is 2.48. The molecule has 0 aliphatic heterocycles. The first-order chi connectivity index (χ1) is 9.67. The van der Waals surface area contributed by atoms with Gasteiger partial charge in [0.05, 0.1) is 18.3 Å². The molecule has 1 heterocycles. The molecule has 2 nitrogen and oxygen atoms in total. The van der Waals surface area contributed by atoms with Crippen LogP contribution in [0.4, 0.5) is 4.39 Å². The molecule has 0 saturated carbocycles. The number of pyridine rings is 1. The van der Waals surface area contributed by atoms with Gasteiger partial charge in [-0.2, -0.15) is 0 Å². The summed E-state index contributed by atoms with van der Waals surface area (Å²) in [5.74, 6) is 0.535. The normalized spacial score (nSPS) is 10.8. The first-order valence-electron chi connectivity index (χ1n) is 6.07. The lowest BCUT2D eigenvalue weighted by Crippen LogP contribution is -1.88. The van der Waals surface area contributed by atoms with Crippen molar-refractivity contribution in [3.63, 3.8) is 0 Å². The molecule has 2 aromatic carbocycles. The molecule has 0 unspecified atom stereocenters. The number of methoxy groups -OCH3 is 1. The van der Waals surface area contributed by atoms with Gasteiger partial charge in [0.25, 0.3) is 0 Å². The van der Waals surface area contributed by atoms with Gasteiger partial charge in [-0.1, -0.05) is 15.9 Å². The highest BCUT2D eigenvalue weighted by Gasteiger charge is 2.07. The Morgan fingerprint density at radius 3 is 2.50 bits per heavy atom. The van der Waals surface area contributed by atoms with Gasteiger partial charge in [0, 0.05) is 15.4 Å². The number of benzene rings is 2. The lowest BCUT2D eigenvalue weighted by Gasteiger charge is -2.07. The van der Waals surface area contributed by atoms with Crippen LogP contribution in [-0.2, 0) is 0 Å². The zero-order valence-corrected chi connectivity index (χ0v) is 12.3. The van der Waals surface area contributed by atoms with E-state index in [1.807, 2.05) is 30.3 Å². The van der Waals surface area contributed by atoms with Crippen LogP contribution in [0, 0.1) is 5.82 Å². The summed E-state index contributed by atoms with van der Waals surface area (Å²) in [6, 6.07) is 14.1. The summed E-state index contributed by atoms with van der Waals surface area (Å²) in [7, 11) is 1.63. The van der Waals surface area contributed by atoms with Crippen molar-refractivity contribution in [1.82, 2.24) is 4.98 Å². The van der Waals surface area contributed by atoms with E-state index in [0.29, 0.717) is 0 Å². The Labute approximate surface area is 124 Å². The molecule has 0 spiro atoms. The molecule has 0 saturated heterocycles. The zero-order chi connectivity index (χ0) is 14.1. The molecule has 3 rings (SSSR count). The van der Waals surface area contributed by atoms with Crippen LogP contribution in [0.3, 0.4) is 0 Å². The number of fused-ring (bicyclic) bond motifs is 1. The number of halogens is 2. The number of ether oxygens (including phenoxy) is 1. The standard InChI is InChI=1S/C16H11BrFNO/c1-20-12-5-2-10(3-6-12)16-9-14(17)13-8-11(18)4-7-15(13)19-16/h2-9H,1H3. The first-order valence-corrected chi connectivity index (χ1v) is 6.87. The third kappa shape index (κ3) is 2.39. The van der Waals surface area contributed by atoms with Crippen molar-refractivity contribution in [1.29, 1.82) is 0 Å². The fourth-order valence-electron chi connectivity index (χ4n) is 2.07. The van der Waals surface area contributed by atoms with Gasteiger partial charge in [0.15, 0.2) is 0 Å². The van der Waals surface area contributed by atoms with Crippen molar-refractivity contribution in [2.24, 2.45) is 0 Å². The second-order valence-electron chi connectivity index (χ2n) is 4.38. The highest BCUT2D eigenvalue weighted by Crippen LogP contribution is 2.29. The predicted molar refractivity (Wildman–Crippen MR) is 81.4 cm³/mol. The Hall–Kier alpha value is -1.94. The zero-order valence-electron chi connectivity index (χ0n) is 10.7. The van der Waals surface area contributed by atoms with E-state index in [1.54, 1.807) is 13.2 Å². The second kappa shape index (κ2) is 5.21. The average molecular weight is 332 g/mol. The van der Waals surface area contributed by atoms with Crippen molar-refractivity contribution in [2.75, 3.05) is 7.11 Å². The predicted octanol–water partition coefficient (Wildman–Crippen LogP) is 4.81. The lowest BCUT2D eigenvalue weighted by atomic mass is 10.1. The second-order valence-corrected chi connectivity index (χ2v) is 5.23. The SMILES string of the molecule is COc1ccc(-c2cc(Br)c3cc(F)ccc3n2)cc1. The first kappa shape index (κ1) is 13.1. The van der Waals surface area contributed by atoms with Crippen LogP contribution < -0.4 is 4.74 Å². The fraction of sp³-hybridized carbons (Fsp3) is 0.0625. The summed E-state index contributed by atoms with van der Waals surface area (Å²) in [6.45, 7) is 0. The van der Waals surface area contributed by atoms with Gasteiger partial charge in [0.1, 0.15) is 11.6 Å². The molecule has 0 bridgehead atoms. The van der Waals surface area contributed by atoms with Crippen molar-refractivity contribution in [2.45, 2.75) is 0 Å². The molecule has 4 heteroatoms. The third-order valence-corrected chi connectivity index (χ3v) is 3.76. The van der Waals surface area contributed by atoms with Gasteiger partial charge in [0.2, 0.25) is 0 Å². The summed E-state index contributed by atoms with van der Waals surface area (Å²) in [5.41, 5.74) is 2.57. The number of aromatic nitrogens is 1. The monoisotopic (exact) mass is 331 g/mol. The minimum Gasteiger partial charge on any atom is -0.497 e. The highest BCUT2D eigenvalue weighted by atomic mass is 79.9. The molecule has 100 valence electrons. The van der Waals surface area contributed by atoms with Crippen molar-refractivity contribution < 1.29 is 9.13 Å². The number of nitrogens with zero attached hydrogens (tertiary/aromatic N) is 1. The molecule has 0 aliphatic carbocycles. The Kier molecular flexibility index (Phi) is 3.40. The summed E-state index contributed by atoms with van der Waals surface area (Å²) in [6.07, 6.45) is 0. The van der Waals surface area contributed by atoms with Gasteiger partial charge in [-0.15, -0.1) is 0 Å². The molecule has 0 aliphatic rings. The van der Waals surface area contributed by atoms with Gasteiger partial charge >= 0.3 is 0 Å². The smallest absolute Gasteiger partial charge is 0.124 e. The molecular weight excluding hydrogens is 321 g/mol. The summed E-state index contributed by atoms with van der Waals surface area (Å²) in [4.78, 5) is 4.57. The maximum atomic E-state index is 13.3. The Morgan fingerprint density at radius 2 is 1.80 bits per heavy atom. The third-order valence-electron chi connectivity index (χ3n) is 3.11. The topological polar surface area (TPSA) is 22.1 Å². The van der Waals surface area contributed by atoms with Gasteiger partial charge in [-0.3, -0.25) is 0 Å². The Morgan fingerprint density at radius 1 is 1.05 bits per heavy atom. The molecule has 1 aromatic heterocycles. The van der Waals surface area contributed by atoms with E-state index in [1.165, 1.54) is 12.1 Å². The highest BCUT2D eigenvalue weighted by molar-refractivity contribution is 9.10. The largest absolute Gasteiger partial charge is 0.497 e. The quantitative estimate of drug-likeness (QED) is 0.672. The number of rotatable bonds is 2. The van der Waals surface area contributed by atoms with E-state index in [9.17, 15) is 4.39 Å². The van der Waals surface area contributed by atoms with Gasteiger partial charge in [-0.25, -0.2) is 9.37 Å². The molecular formula is C16H11BrFNO. The molecule has 0 amide bonds. The maximum Gasteiger partial charge on any atom is 0.124 e. The van der Waals surface area contributed by atoms with Crippen LogP contribution in [0.15, 0.2) is 53.0 Å². The summed E-state index contributed by atoms with van der Waals surface area (Å²) in [5, 5.41) is 0.766. The molecule has 0 atom stereocenters. The molecule has 20 heavy (non-hydrogen) atoms. The maximum absolute atomic E-state index is 13.3. The number of hydrogen-bond acceptors (Lipinski definition) is 2. The van der Waals surface area contributed by atoms with Crippen LogP contribution in [0.2, 0.25) is 0 Å². The summed E-state index contributed by atoms with van der Waals surface area (Å²) < 4.78 is 19.2. The van der Waals surface area contributed by atoms with E-state index in [2.05, 4.69) is 20.9 Å². The van der Waals surface area contributed by atoms with E-state index >= 15 is 0 Å². The summed E-state index contributed by atoms with van der Waals surface area (Å²) >= 11 is 3.48.